The molecule has 3 aliphatic heterocycles. The Bertz CT molecular complexity index is 941. The highest BCUT2D eigenvalue weighted by molar-refractivity contribution is 8.02. The van der Waals surface area contributed by atoms with Crippen LogP contribution in [-0.2, 0) is 14.4 Å². The normalized spacial score (nSPS) is 29.9. The topological polar surface area (TPSA) is 98.2 Å². The molecular formula is C24H29ClN2O5S. The van der Waals surface area contributed by atoms with Crippen molar-refractivity contribution in [3.8, 4) is 0 Å². The van der Waals surface area contributed by atoms with E-state index in [0.29, 0.717) is 42.9 Å². The van der Waals surface area contributed by atoms with Crippen LogP contribution in [0.2, 0.25) is 5.02 Å². The van der Waals surface area contributed by atoms with Crippen LogP contribution in [0.5, 0.6) is 0 Å². The zero-order chi connectivity index (χ0) is 23.8. The fourth-order valence-electron chi connectivity index (χ4n) is 5.75. The van der Waals surface area contributed by atoms with Crippen LogP contribution in [0.1, 0.15) is 32.1 Å². The molecule has 1 aromatic carbocycles. The summed E-state index contributed by atoms with van der Waals surface area (Å²) < 4.78 is -0.731. The fraction of sp³-hybridized carbons (Fsp3) is 0.542. The number of unbranched alkanes of at least 4 members (excludes halogenated alkanes) is 2. The summed E-state index contributed by atoms with van der Waals surface area (Å²) in [6.45, 7) is 4.50. The van der Waals surface area contributed by atoms with Gasteiger partial charge in [0.2, 0.25) is 5.91 Å². The van der Waals surface area contributed by atoms with Gasteiger partial charge in [-0.2, -0.15) is 0 Å². The molecule has 3 saturated heterocycles. The van der Waals surface area contributed by atoms with Crippen LogP contribution in [0.25, 0.3) is 0 Å². The highest BCUT2D eigenvalue weighted by Gasteiger charge is 2.73. The van der Waals surface area contributed by atoms with Crippen LogP contribution in [0, 0.1) is 11.8 Å². The van der Waals surface area contributed by atoms with E-state index in [4.69, 9.17) is 16.7 Å². The molecule has 2 bridgehead atoms. The molecule has 0 aliphatic carbocycles. The summed E-state index contributed by atoms with van der Waals surface area (Å²) in [4.78, 5) is 43.1. The van der Waals surface area contributed by atoms with Crippen LogP contribution < -0.4 is 4.90 Å². The third-order valence-corrected chi connectivity index (χ3v) is 9.30. The van der Waals surface area contributed by atoms with Crippen molar-refractivity contribution in [2.75, 3.05) is 24.6 Å². The zero-order valence-electron chi connectivity index (χ0n) is 18.4. The lowest BCUT2D eigenvalue weighted by atomic mass is 9.71. The molecule has 0 radical (unpaired) electrons. The minimum atomic E-state index is -0.957. The number of aliphatic carboxylic acids is 1. The Hall–Kier alpha value is -2.03. The van der Waals surface area contributed by atoms with Gasteiger partial charge in [-0.15, -0.1) is 18.3 Å². The van der Waals surface area contributed by atoms with Gasteiger partial charge >= 0.3 is 5.97 Å². The summed E-state index contributed by atoms with van der Waals surface area (Å²) in [7, 11) is 0. The lowest BCUT2D eigenvalue weighted by molar-refractivity contribution is -0.148. The molecule has 3 heterocycles. The van der Waals surface area contributed by atoms with Crippen molar-refractivity contribution in [2.45, 2.75) is 48.1 Å². The molecule has 178 valence electrons. The van der Waals surface area contributed by atoms with Crippen molar-refractivity contribution in [1.82, 2.24) is 4.90 Å². The van der Waals surface area contributed by atoms with Crippen molar-refractivity contribution < 1.29 is 24.6 Å². The van der Waals surface area contributed by atoms with Gasteiger partial charge in [-0.05, 0) is 56.4 Å². The number of carboxylic acids is 1. The Balaban J connectivity index is 1.72. The first-order chi connectivity index (χ1) is 15.9. The number of hydrogen-bond donors (Lipinski definition) is 2. The number of halogens is 1. The van der Waals surface area contributed by atoms with E-state index in [1.807, 2.05) is 0 Å². The van der Waals surface area contributed by atoms with Gasteiger partial charge in [-0.1, -0.05) is 17.7 Å². The van der Waals surface area contributed by atoms with Crippen LogP contribution in [0.4, 0.5) is 5.69 Å². The largest absolute Gasteiger partial charge is 0.481 e. The summed E-state index contributed by atoms with van der Waals surface area (Å²) >= 11 is 7.57. The number of likely N-dealkylation sites (tertiary alicyclic amines) is 1. The zero-order valence-corrected chi connectivity index (χ0v) is 19.9. The number of amides is 2. The summed E-state index contributed by atoms with van der Waals surface area (Å²) in [6, 6.07) is 6.22. The Morgan fingerprint density at radius 2 is 2.00 bits per heavy atom. The minimum Gasteiger partial charge on any atom is -0.481 e. The molecule has 5 atom stereocenters. The maximum atomic E-state index is 14.1. The average Bonchev–Trinajstić information content (AvgIpc) is 3.43. The molecule has 2 amide bonds. The van der Waals surface area contributed by atoms with Gasteiger partial charge < -0.3 is 20.0 Å². The van der Waals surface area contributed by atoms with Crippen molar-refractivity contribution in [1.29, 1.82) is 0 Å². The van der Waals surface area contributed by atoms with E-state index in [-0.39, 0.29) is 30.2 Å². The first kappa shape index (κ1) is 24.1. The lowest BCUT2D eigenvalue weighted by Crippen LogP contribution is -2.55. The van der Waals surface area contributed by atoms with E-state index in [1.54, 1.807) is 40.1 Å². The Morgan fingerprint density at radius 1 is 1.27 bits per heavy atom. The number of carbonyl (C=O) groups excluding carboxylic acids is 2. The second kappa shape index (κ2) is 9.68. The Kier molecular flexibility index (Phi) is 7.07. The lowest BCUT2D eigenvalue weighted by Gasteiger charge is -2.37. The van der Waals surface area contributed by atoms with E-state index >= 15 is 0 Å². The molecule has 4 rings (SSSR count). The van der Waals surface area contributed by atoms with Gasteiger partial charge in [0.1, 0.15) is 6.04 Å². The molecule has 7 nitrogen and oxygen atoms in total. The van der Waals surface area contributed by atoms with Crippen LogP contribution in [0.15, 0.2) is 36.9 Å². The standard InChI is InChI=1S/C24H29ClN2O5S/c1-2-12-26(16-8-6-15(25)7-9-16)22(30)20-24-11-10-17(33-24)18(23(31)32)19(24)21(29)27(20)13-4-3-5-14-28/h2,6-9,17-20,28H,1,3-5,10-14H2,(H,31,32)/t17-,18+,19-,20?,24?/m0/s1. The number of hydrogen-bond acceptors (Lipinski definition) is 5. The number of nitrogens with zero attached hydrogens (tertiary/aromatic N) is 2. The third kappa shape index (κ3) is 4.06. The van der Waals surface area contributed by atoms with Crippen molar-refractivity contribution in [3.63, 3.8) is 0 Å². The maximum Gasteiger partial charge on any atom is 0.308 e. The van der Waals surface area contributed by atoms with Crippen LogP contribution in [0.3, 0.4) is 0 Å². The first-order valence-corrected chi connectivity index (χ1v) is 12.6. The quantitative estimate of drug-likeness (QED) is 0.384. The monoisotopic (exact) mass is 492 g/mol. The summed E-state index contributed by atoms with van der Waals surface area (Å²) in [5, 5.41) is 19.4. The molecule has 1 aromatic rings. The number of aliphatic hydroxyl groups excluding tert-OH is 1. The molecule has 0 saturated carbocycles. The second-order valence-electron chi connectivity index (χ2n) is 8.92. The fourth-order valence-corrected chi connectivity index (χ4v) is 8.08. The second-order valence-corrected chi connectivity index (χ2v) is 11.0. The van der Waals surface area contributed by atoms with Gasteiger partial charge in [0.05, 0.1) is 16.6 Å². The average molecular weight is 493 g/mol. The van der Waals surface area contributed by atoms with Gasteiger partial charge in [-0.25, -0.2) is 0 Å². The number of aliphatic hydroxyl groups is 1. The van der Waals surface area contributed by atoms with E-state index < -0.39 is 28.6 Å². The number of carboxylic acid groups (broad SMARTS) is 1. The highest BCUT2D eigenvalue weighted by atomic mass is 35.5. The highest BCUT2D eigenvalue weighted by Crippen LogP contribution is 2.66. The molecule has 1 spiro atoms. The number of thioether (sulfide) groups is 1. The first-order valence-electron chi connectivity index (χ1n) is 11.4. The molecule has 33 heavy (non-hydrogen) atoms. The SMILES string of the molecule is C=CCN(C(=O)C1N(CCCCCO)C(=O)[C@@H]2[C@H](C(=O)O)[C@@H]3CCC12S3)c1ccc(Cl)cc1. The molecular weight excluding hydrogens is 464 g/mol. The van der Waals surface area contributed by atoms with E-state index in [1.165, 1.54) is 11.8 Å². The summed E-state index contributed by atoms with van der Waals surface area (Å²) in [5.41, 5.74) is 0.657. The predicted octanol–water partition coefficient (Wildman–Crippen LogP) is 3.20. The van der Waals surface area contributed by atoms with E-state index in [9.17, 15) is 19.5 Å². The number of fused-ring (bicyclic) bond motifs is 1. The number of benzene rings is 1. The molecule has 2 unspecified atom stereocenters. The molecule has 0 aromatic heterocycles. The summed E-state index contributed by atoms with van der Waals surface area (Å²) in [6.07, 6.45) is 4.97. The van der Waals surface area contributed by atoms with Gasteiger partial charge in [0.25, 0.3) is 5.91 Å². The van der Waals surface area contributed by atoms with E-state index in [2.05, 4.69) is 6.58 Å². The maximum absolute atomic E-state index is 14.1. The van der Waals surface area contributed by atoms with Crippen molar-refractivity contribution >= 4 is 46.8 Å². The number of rotatable bonds is 10. The molecule has 9 heteroatoms. The predicted molar refractivity (Wildman–Crippen MR) is 128 cm³/mol. The summed E-state index contributed by atoms with van der Waals surface area (Å²) in [5.74, 6) is -2.86. The molecule has 3 aliphatic rings. The van der Waals surface area contributed by atoms with Gasteiger partial charge in [-0.3, -0.25) is 14.4 Å². The van der Waals surface area contributed by atoms with Crippen LogP contribution in [-0.4, -0.2) is 68.6 Å². The number of anilines is 1. The van der Waals surface area contributed by atoms with Gasteiger partial charge in [0.15, 0.2) is 0 Å². The smallest absolute Gasteiger partial charge is 0.308 e. The third-order valence-electron chi connectivity index (χ3n) is 7.09. The number of carbonyl (C=O) groups is 3. The Morgan fingerprint density at radius 3 is 2.64 bits per heavy atom. The molecule has 2 N–H and O–H groups in total. The molecule has 3 fully saturated rings. The van der Waals surface area contributed by atoms with Crippen molar-refractivity contribution in [2.24, 2.45) is 11.8 Å². The van der Waals surface area contributed by atoms with Crippen molar-refractivity contribution in [3.05, 3.63) is 41.9 Å². The van der Waals surface area contributed by atoms with E-state index in [0.717, 1.165) is 6.42 Å². The minimum absolute atomic E-state index is 0.0746. The van der Waals surface area contributed by atoms with Gasteiger partial charge in [0, 0.05) is 35.7 Å². The van der Waals surface area contributed by atoms with Crippen LogP contribution >= 0.6 is 23.4 Å². The Labute approximate surface area is 202 Å².